The van der Waals surface area contributed by atoms with E-state index in [9.17, 15) is 0 Å². The molecule has 2 aromatic heterocycles. The summed E-state index contributed by atoms with van der Waals surface area (Å²) in [6, 6.07) is 10.9. The number of furan rings is 1. The van der Waals surface area contributed by atoms with Gasteiger partial charge in [0.1, 0.15) is 11.3 Å². The molecule has 0 aliphatic carbocycles. The van der Waals surface area contributed by atoms with Gasteiger partial charge in [0.05, 0.1) is 0 Å². The molecule has 0 unspecified atom stereocenters. The van der Waals surface area contributed by atoms with E-state index in [4.69, 9.17) is 27.6 Å². The summed E-state index contributed by atoms with van der Waals surface area (Å²) < 4.78 is 5.68. The molecule has 0 radical (unpaired) electrons. The van der Waals surface area contributed by atoms with Crippen LogP contribution < -0.4 is 0 Å². The van der Waals surface area contributed by atoms with Crippen LogP contribution in [0.5, 0.6) is 0 Å². The zero-order valence-electron chi connectivity index (χ0n) is 8.65. The highest BCUT2D eigenvalue weighted by atomic mass is 35.5. The van der Waals surface area contributed by atoms with E-state index in [0.717, 1.165) is 11.0 Å². The van der Waals surface area contributed by atoms with Crippen molar-refractivity contribution < 1.29 is 4.42 Å². The third-order valence-electron chi connectivity index (χ3n) is 2.45. The van der Waals surface area contributed by atoms with Crippen molar-refractivity contribution in [2.45, 2.75) is 0 Å². The molecule has 0 aliphatic heterocycles. The predicted molar refractivity (Wildman–Crippen MR) is 69.5 cm³/mol. The molecule has 0 fully saturated rings. The molecule has 1 aromatic carbocycles. The van der Waals surface area contributed by atoms with Gasteiger partial charge in [0.2, 0.25) is 0 Å². The Bertz CT molecular complexity index is 691. The van der Waals surface area contributed by atoms with Crippen molar-refractivity contribution in [2.75, 3.05) is 0 Å². The summed E-state index contributed by atoms with van der Waals surface area (Å²) in [6.45, 7) is 0. The van der Waals surface area contributed by atoms with Crippen LogP contribution in [0, 0.1) is 0 Å². The van der Waals surface area contributed by atoms with Crippen molar-refractivity contribution in [3.63, 3.8) is 0 Å². The van der Waals surface area contributed by atoms with Crippen LogP contribution in [-0.4, -0.2) is 4.98 Å². The van der Waals surface area contributed by atoms with Gasteiger partial charge >= 0.3 is 0 Å². The lowest BCUT2D eigenvalue weighted by Crippen LogP contribution is -1.78. The number of fused-ring (bicyclic) bond motifs is 1. The van der Waals surface area contributed by atoms with Crippen molar-refractivity contribution in [1.29, 1.82) is 0 Å². The number of hydrogen-bond donors (Lipinski definition) is 0. The first-order valence-corrected chi connectivity index (χ1v) is 5.79. The Labute approximate surface area is 108 Å². The molecule has 3 aromatic rings. The molecular weight excluding hydrogens is 257 g/mol. The second-order valence-corrected chi connectivity index (χ2v) is 4.52. The van der Waals surface area contributed by atoms with Crippen LogP contribution in [-0.2, 0) is 0 Å². The van der Waals surface area contributed by atoms with Crippen LogP contribution in [0.3, 0.4) is 0 Å². The Hall–Kier alpha value is -1.51. The van der Waals surface area contributed by atoms with Gasteiger partial charge in [-0.1, -0.05) is 23.2 Å². The molecule has 0 aliphatic rings. The van der Waals surface area contributed by atoms with Crippen LogP contribution in [0.25, 0.3) is 22.4 Å². The molecule has 84 valence electrons. The minimum absolute atomic E-state index is 0.633. The summed E-state index contributed by atoms with van der Waals surface area (Å²) in [4.78, 5) is 4.22. The summed E-state index contributed by atoms with van der Waals surface area (Å²) in [7, 11) is 0. The Balaban J connectivity index is 2.18. The van der Waals surface area contributed by atoms with Gasteiger partial charge < -0.3 is 4.42 Å². The fourth-order valence-corrected chi connectivity index (χ4v) is 2.02. The van der Waals surface area contributed by atoms with Crippen LogP contribution in [0.4, 0.5) is 0 Å². The highest BCUT2D eigenvalue weighted by Crippen LogP contribution is 2.29. The average molecular weight is 264 g/mol. The summed E-state index contributed by atoms with van der Waals surface area (Å²) >= 11 is 11.8. The topological polar surface area (TPSA) is 26.0 Å². The van der Waals surface area contributed by atoms with E-state index in [0.29, 0.717) is 21.5 Å². The first-order valence-electron chi connectivity index (χ1n) is 5.03. The molecule has 0 amide bonds. The van der Waals surface area contributed by atoms with E-state index in [1.54, 1.807) is 24.4 Å². The van der Waals surface area contributed by atoms with Gasteiger partial charge in [0.25, 0.3) is 0 Å². The first-order chi connectivity index (χ1) is 8.22. The molecule has 0 atom stereocenters. The number of hydrogen-bond acceptors (Lipinski definition) is 2. The monoisotopic (exact) mass is 263 g/mol. The largest absolute Gasteiger partial charge is 0.454 e. The van der Waals surface area contributed by atoms with Crippen molar-refractivity contribution in [3.8, 4) is 11.5 Å². The average Bonchev–Trinajstić information content (AvgIpc) is 2.72. The Morgan fingerprint density at radius 1 is 0.941 bits per heavy atom. The van der Waals surface area contributed by atoms with Crippen molar-refractivity contribution in [2.24, 2.45) is 0 Å². The number of halogens is 2. The second-order valence-electron chi connectivity index (χ2n) is 3.65. The molecule has 17 heavy (non-hydrogen) atoms. The van der Waals surface area contributed by atoms with Gasteiger partial charge in [-0.15, -0.1) is 0 Å². The third kappa shape index (κ3) is 2.02. The molecule has 0 spiro atoms. The normalized spacial score (nSPS) is 10.9. The smallest absolute Gasteiger partial charge is 0.153 e. The zero-order valence-corrected chi connectivity index (χ0v) is 10.2. The number of rotatable bonds is 1. The van der Waals surface area contributed by atoms with E-state index >= 15 is 0 Å². The second kappa shape index (κ2) is 4.06. The van der Waals surface area contributed by atoms with Gasteiger partial charge in [-0.05, 0) is 36.4 Å². The lowest BCUT2D eigenvalue weighted by atomic mass is 10.2. The lowest BCUT2D eigenvalue weighted by Gasteiger charge is -1.95. The highest BCUT2D eigenvalue weighted by molar-refractivity contribution is 6.31. The maximum atomic E-state index is 5.92. The minimum atomic E-state index is 0.633. The third-order valence-corrected chi connectivity index (χ3v) is 2.92. The summed E-state index contributed by atoms with van der Waals surface area (Å²) in [5.74, 6) is 0.685. The SMILES string of the molecule is Clc1ccnc(-c2cc3cc(Cl)ccc3o2)c1. The van der Waals surface area contributed by atoms with Crippen LogP contribution in [0.2, 0.25) is 10.0 Å². The molecule has 2 nitrogen and oxygen atoms in total. The Morgan fingerprint density at radius 3 is 2.59 bits per heavy atom. The maximum absolute atomic E-state index is 5.92. The fourth-order valence-electron chi connectivity index (χ4n) is 1.68. The summed E-state index contributed by atoms with van der Waals surface area (Å²) in [5.41, 5.74) is 1.50. The lowest BCUT2D eigenvalue weighted by molar-refractivity contribution is 0.629. The van der Waals surface area contributed by atoms with Crippen LogP contribution in [0.1, 0.15) is 0 Å². The first kappa shape index (κ1) is 10.6. The number of nitrogens with zero attached hydrogens (tertiary/aromatic N) is 1. The number of benzene rings is 1. The van der Waals surface area contributed by atoms with Crippen LogP contribution in [0.15, 0.2) is 47.0 Å². The molecule has 0 saturated heterocycles. The molecule has 2 heterocycles. The van der Waals surface area contributed by atoms with Crippen LogP contribution >= 0.6 is 23.2 Å². The van der Waals surface area contributed by atoms with Gasteiger partial charge in [0.15, 0.2) is 5.76 Å². The van der Waals surface area contributed by atoms with E-state index in [1.807, 2.05) is 18.2 Å². The van der Waals surface area contributed by atoms with Gasteiger partial charge in [-0.2, -0.15) is 0 Å². The van der Waals surface area contributed by atoms with E-state index in [2.05, 4.69) is 4.98 Å². The zero-order chi connectivity index (χ0) is 11.8. The van der Waals surface area contributed by atoms with Gasteiger partial charge in [-0.3, -0.25) is 4.98 Å². The molecule has 0 bridgehead atoms. The molecule has 3 rings (SSSR count). The van der Waals surface area contributed by atoms with Gasteiger partial charge in [0, 0.05) is 21.6 Å². The molecule has 0 N–H and O–H groups in total. The number of aromatic nitrogens is 1. The fraction of sp³-hybridized carbons (Fsp3) is 0. The van der Waals surface area contributed by atoms with Gasteiger partial charge in [-0.25, -0.2) is 0 Å². The van der Waals surface area contributed by atoms with Crippen molar-refractivity contribution in [1.82, 2.24) is 4.98 Å². The number of pyridine rings is 1. The molecule has 0 saturated carbocycles. The summed E-state index contributed by atoms with van der Waals surface area (Å²) in [6.07, 6.45) is 1.65. The molecular formula is C13H7Cl2NO. The van der Waals surface area contributed by atoms with E-state index in [-0.39, 0.29) is 0 Å². The predicted octanol–water partition coefficient (Wildman–Crippen LogP) is 4.80. The quantitative estimate of drug-likeness (QED) is 0.630. The van der Waals surface area contributed by atoms with E-state index in [1.165, 1.54) is 0 Å². The summed E-state index contributed by atoms with van der Waals surface area (Å²) in [5, 5.41) is 2.27. The maximum Gasteiger partial charge on any atom is 0.153 e. The van der Waals surface area contributed by atoms with E-state index < -0.39 is 0 Å². The standard InChI is InChI=1S/C13H7Cl2NO/c14-9-1-2-12-8(5-9)6-13(17-12)11-7-10(15)3-4-16-11/h1-7H. The Kier molecular flexibility index (Phi) is 2.54. The van der Waals surface area contributed by atoms with Crippen molar-refractivity contribution >= 4 is 34.2 Å². The minimum Gasteiger partial charge on any atom is -0.454 e. The van der Waals surface area contributed by atoms with Crippen molar-refractivity contribution in [3.05, 3.63) is 52.6 Å². The molecule has 4 heteroatoms. The Morgan fingerprint density at radius 2 is 1.76 bits per heavy atom. The highest BCUT2D eigenvalue weighted by Gasteiger charge is 2.07.